The molecule has 0 bridgehead atoms. The second kappa shape index (κ2) is 6.58. The van der Waals surface area contributed by atoms with Crippen molar-refractivity contribution in [1.82, 2.24) is 15.0 Å². The van der Waals surface area contributed by atoms with E-state index in [0.717, 1.165) is 0 Å². The van der Waals surface area contributed by atoms with Crippen LogP contribution in [0.2, 0.25) is 0 Å². The number of carbonyl (C=O) groups is 1. The summed E-state index contributed by atoms with van der Waals surface area (Å²) in [5.41, 5.74) is 0. The highest BCUT2D eigenvalue weighted by Gasteiger charge is 2.15. The number of anilines is 2. The zero-order chi connectivity index (χ0) is 13.5. The topological polar surface area (TPSA) is 98.3 Å². The molecule has 18 heavy (non-hydrogen) atoms. The molecule has 100 valence electrons. The first-order valence-corrected chi connectivity index (χ1v) is 5.51. The Labute approximate surface area is 105 Å². The van der Waals surface area contributed by atoms with Crippen LogP contribution >= 0.6 is 0 Å². The minimum Gasteiger partial charge on any atom is -0.467 e. The van der Waals surface area contributed by atoms with Gasteiger partial charge in [0.25, 0.3) is 0 Å². The number of carbonyl (C=O) groups excluding carboxylic acids is 1. The van der Waals surface area contributed by atoms with Gasteiger partial charge in [0, 0.05) is 7.05 Å². The van der Waals surface area contributed by atoms with Gasteiger partial charge in [-0.2, -0.15) is 15.0 Å². The number of rotatable bonds is 6. The molecular formula is C10H17N5O3. The molecule has 0 saturated heterocycles. The van der Waals surface area contributed by atoms with E-state index in [0.29, 0.717) is 12.6 Å². The summed E-state index contributed by atoms with van der Waals surface area (Å²) in [6.45, 7) is 3.92. The third-order valence-electron chi connectivity index (χ3n) is 2.01. The number of aromatic nitrogens is 3. The van der Waals surface area contributed by atoms with Crippen LogP contribution in [-0.4, -0.2) is 47.7 Å². The lowest BCUT2D eigenvalue weighted by Gasteiger charge is -2.12. The molecular weight excluding hydrogens is 238 g/mol. The van der Waals surface area contributed by atoms with Crippen molar-refractivity contribution in [2.75, 3.05) is 31.4 Å². The van der Waals surface area contributed by atoms with Crippen molar-refractivity contribution in [2.24, 2.45) is 0 Å². The van der Waals surface area contributed by atoms with E-state index in [4.69, 9.17) is 4.74 Å². The number of hydrogen-bond donors (Lipinski definition) is 2. The van der Waals surface area contributed by atoms with Gasteiger partial charge in [0.05, 0.1) is 13.7 Å². The van der Waals surface area contributed by atoms with Gasteiger partial charge in [-0.15, -0.1) is 0 Å². The second-order valence-corrected chi connectivity index (χ2v) is 3.34. The molecule has 1 aromatic rings. The summed E-state index contributed by atoms with van der Waals surface area (Å²) in [5, 5.41) is 5.59. The molecule has 1 rings (SSSR count). The highest BCUT2D eigenvalue weighted by atomic mass is 16.5. The average Bonchev–Trinajstić information content (AvgIpc) is 2.37. The Kier molecular flexibility index (Phi) is 5.09. The van der Waals surface area contributed by atoms with Crippen LogP contribution in [0.15, 0.2) is 0 Å². The molecule has 8 nitrogen and oxygen atoms in total. The number of ether oxygens (including phenoxy) is 2. The van der Waals surface area contributed by atoms with Crippen molar-refractivity contribution < 1.29 is 14.3 Å². The summed E-state index contributed by atoms with van der Waals surface area (Å²) >= 11 is 0. The van der Waals surface area contributed by atoms with E-state index in [-0.39, 0.29) is 12.0 Å². The quantitative estimate of drug-likeness (QED) is 0.700. The minimum absolute atomic E-state index is 0.191. The summed E-state index contributed by atoms with van der Waals surface area (Å²) in [6.07, 6.45) is 0. The monoisotopic (exact) mass is 255 g/mol. The number of nitrogens with zero attached hydrogens (tertiary/aromatic N) is 3. The zero-order valence-electron chi connectivity index (χ0n) is 10.9. The van der Waals surface area contributed by atoms with Gasteiger partial charge in [-0.05, 0) is 13.8 Å². The van der Waals surface area contributed by atoms with Gasteiger partial charge in [-0.1, -0.05) is 0 Å². The average molecular weight is 255 g/mol. The lowest BCUT2D eigenvalue weighted by molar-refractivity contribution is -0.141. The Morgan fingerprint density at radius 3 is 2.56 bits per heavy atom. The highest BCUT2D eigenvalue weighted by Crippen LogP contribution is 2.11. The van der Waals surface area contributed by atoms with Crippen molar-refractivity contribution in [1.29, 1.82) is 0 Å². The Hall–Kier alpha value is -2.12. The minimum atomic E-state index is -0.559. The molecule has 0 radical (unpaired) electrons. The molecule has 1 heterocycles. The van der Waals surface area contributed by atoms with E-state index in [2.05, 4.69) is 30.3 Å². The third-order valence-corrected chi connectivity index (χ3v) is 2.01. The van der Waals surface area contributed by atoms with Crippen LogP contribution in [0, 0.1) is 0 Å². The predicted molar refractivity (Wildman–Crippen MR) is 65.6 cm³/mol. The lowest BCUT2D eigenvalue weighted by Crippen LogP contribution is -2.28. The molecule has 0 aliphatic rings. The Bertz CT molecular complexity index is 412. The van der Waals surface area contributed by atoms with Crippen molar-refractivity contribution in [3.63, 3.8) is 0 Å². The molecule has 0 fully saturated rings. The molecule has 8 heteroatoms. The summed E-state index contributed by atoms with van der Waals surface area (Å²) in [7, 11) is 3.00. The fourth-order valence-electron chi connectivity index (χ4n) is 1.16. The molecule has 2 N–H and O–H groups in total. The van der Waals surface area contributed by atoms with Crippen LogP contribution in [0.4, 0.5) is 11.9 Å². The number of esters is 1. The molecule has 0 amide bonds. The van der Waals surface area contributed by atoms with Crippen LogP contribution in [0.25, 0.3) is 0 Å². The van der Waals surface area contributed by atoms with Crippen LogP contribution in [0.1, 0.15) is 13.8 Å². The standard InChI is InChI=1S/C10H17N5O3/c1-5-18-10-14-8(11-3)13-9(15-10)12-6(2)7(16)17-4/h6H,5H2,1-4H3,(H2,11,12,13,14,15). The second-order valence-electron chi connectivity index (χ2n) is 3.34. The normalized spacial score (nSPS) is 11.6. The van der Waals surface area contributed by atoms with Crippen LogP contribution < -0.4 is 15.4 Å². The third kappa shape index (κ3) is 3.72. The zero-order valence-corrected chi connectivity index (χ0v) is 10.9. The fourth-order valence-corrected chi connectivity index (χ4v) is 1.16. The SMILES string of the molecule is CCOc1nc(NC)nc(NC(C)C(=O)OC)n1. The van der Waals surface area contributed by atoms with E-state index in [1.807, 2.05) is 6.92 Å². The van der Waals surface area contributed by atoms with E-state index in [9.17, 15) is 4.79 Å². The maximum absolute atomic E-state index is 11.3. The number of methoxy groups -OCH3 is 1. The van der Waals surface area contributed by atoms with Gasteiger partial charge in [-0.3, -0.25) is 0 Å². The highest BCUT2D eigenvalue weighted by molar-refractivity contribution is 5.77. The molecule has 0 aromatic carbocycles. The van der Waals surface area contributed by atoms with Crippen LogP contribution in [0.3, 0.4) is 0 Å². The fraction of sp³-hybridized carbons (Fsp3) is 0.600. The maximum Gasteiger partial charge on any atom is 0.328 e. The van der Waals surface area contributed by atoms with Gasteiger partial charge >= 0.3 is 12.0 Å². The first-order valence-electron chi connectivity index (χ1n) is 5.51. The Morgan fingerprint density at radius 2 is 2.00 bits per heavy atom. The lowest BCUT2D eigenvalue weighted by atomic mass is 10.3. The molecule has 1 atom stereocenters. The van der Waals surface area contributed by atoms with E-state index in [1.54, 1.807) is 14.0 Å². The smallest absolute Gasteiger partial charge is 0.328 e. The van der Waals surface area contributed by atoms with E-state index in [1.165, 1.54) is 7.11 Å². The first kappa shape index (κ1) is 13.9. The molecule has 0 aliphatic carbocycles. The van der Waals surface area contributed by atoms with Crippen molar-refractivity contribution >= 4 is 17.9 Å². The number of hydrogen-bond acceptors (Lipinski definition) is 8. The van der Waals surface area contributed by atoms with Gasteiger partial charge in [-0.25, -0.2) is 4.79 Å². The van der Waals surface area contributed by atoms with Crippen LogP contribution in [-0.2, 0) is 9.53 Å². The first-order chi connectivity index (χ1) is 8.60. The molecule has 1 unspecified atom stereocenters. The number of nitrogens with one attached hydrogen (secondary N) is 2. The largest absolute Gasteiger partial charge is 0.467 e. The summed E-state index contributed by atoms with van der Waals surface area (Å²) in [4.78, 5) is 23.4. The maximum atomic E-state index is 11.3. The molecule has 0 aliphatic heterocycles. The van der Waals surface area contributed by atoms with Gasteiger partial charge in [0.15, 0.2) is 0 Å². The predicted octanol–water partition coefficient (Wildman–Crippen LogP) is 0.285. The summed E-state index contributed by atoms with van der Waals surface area (Å²) in [6, 6.07) is -0.368. The van der Waals surface area contributed by atoms with Gasteiger partial charge in [0.1, 0.15) is 6.04 Å². The van der Waals surface area contributed by atoms with Gasteiger partial charge in [0.2, 0.25) is 11.9 Å². The Morgan fingerprint density at radius 1 is 1.33 bits per heavy atom. The summed E-state index contributed by atoms with van der Waals surface area (Å²) in [5.74, 6) is 0.197. The molecule has 0 spiro atoms. The van der Waals surface area contributed by atoms with E-state index < -0.39 is 12.0 Å². The van der Waals surface area contributed by atoms with Crippen molar-refractivity contribution in [3.05, 3.63) is 0 Å². The van der Waals surface area contributed by atoms with Crippen LogP contribution in [0.5, 0.6) is 6.01 Å². The summed E-state index contributed by atoms with van der Waals surface area (Å²) < 4.78 is 9.80. The molecule has 1 aromatic heterocycles. The Balaban J connectivity index is 2.86. The van der Waals surface area contributed by atoms with E-state index >= 15 is 0 Å². The van der Waals surface area contributed by atoms with Crippen molar-refractivity contribution in [3.8, 4) is 6.01 Å². The molecule has 0 saturated carbocycles. The van der Waals surface area contributed by atoms with Gasteiger partial charge < -0.3 is 20.1 Å². The van der Waals surface area contributed by atoms with Crippen molar-refractivity contribution in [2.45, 2.75) is 19.9 Å².